The molecular weight excluding hydrogens is 720 g/mol. The summed E-state index contributed by atoms with van der Waals surface area (Å²) in [5.41, 5.74) is -0.492. The number of rotatable bonds is 7. The number of sulfonamides is 1. The van der Waals surface area contributed by atoms with Crippen LogP contribution in [0, 0.1) is 12.8 Å². The van der Waals surface area contributed by atoms with Gasteiger partial charge in [-0.2, -0.15) is 13.2 Å². The minimum absolute atomic E-state index is 0.0226. The molecule has 3 amide bonds. The van der Waals surface area contributed by atoms with E-state index >= 15 is 0 Å². The molecule has 2 aliphatic heterocycles. The van der Waals surface area contributed by atoms with Crippen molar-refractivity contribution in [3.05, 3.63) is 65.7 Å². The van der Waals surface area contributed by atoms with E-state index < -0.39 is 74.4 Å². The fraction of sp³-hybridized carbons (Fsp3) is 0.500. The van der Waals surface area contributed by atoms with Gasteiger partial charge in [0.25, 0.3) is 11.1 Å². The van der Waals surface area contributed by atoms with Crippen LogP contribution in [0.5, 0.6) is 5.19 Å². The SMILES string of the molecule is Cc1ccc2nc(O[C@@H]3C[C@H]4C(=O)N[C@]5(C(=O)NS(=O)(=O)C6CC6)C[C@H]5/C=C\CCCCC[C@H](Nc5cccc(C(F)(F)F)c5)C(=O)N4C3)sc2c1. The molecule has 2 aromatic carbocycles. The van der Waals surface area contributed by atoms with Crippen LogP contribution in [-0.2, 0) is 30.6 Å². The highest BCUT2D eigenvalue weighted by Crippen LogP contribution is 2.46. The van der Waals surface area contributed by atoms with Crippen LogP contribution in [0.15, 0.2) is 54.6 Å². The molecule has 3 aromatic rings. The van der Waals surface area contributed by atoms with Crippen molar-refractivity contribution in [2.45, 2.75) is 99.9 Å². The minimum Gasteiger partial charge on any atom is -0.465 e. The number of carbonyl (C=O) groups excluding carboxylic acids is 3. The lowest BCUT2D eigenvalue weighted by Gasteiger charge is -2.30. The molecule has 0 radical (unpaired) electrons. The quantitative estimate of drug-likeness (QED) is 0.270. The summed E-state index contributed by atoms with van der Waals surface area (Å²) in [6.45, 7) is 1.94. The number of aromatic nitrogens is 1. The highest BCUT2D eigenvalue weighted by Gasteiger charge is 2.62. The van der Waals surface area contributed by atoms with Crippen LogP contribution in [0.25, 0.3) is 10.2 Å². The number of hydrogen-bond donors (Lipinski definition) is 3. The molecule has 7 rings (SSSR count). The number of benzene rings is 2. The smallest absolute Gasteiger partial charge is 0.416 e. The normalized spacial score (nSPS) is 27.8. The summed E-state index contributed by atoms with van der Waals surface area (Å²) in [5, 5.41) is 5.56. The first-order chi connectivity index (χ1) is 24.7. The third-order valence-electron chi connectivity index (χ3n) is 10.2. The lowest BCUT2D eigenvalue weighted by Crippen LogP contribution is -2.57. The van der Waals surface area contributed by atoms with Gasteiger partial charge in [0.2, 0.25) is 21.8 Å². The van der Waals surface area contributed by atoms with Crippen molar-refractivity contribution in [1.29, 1.82) is 0 Å². The van der Waals surface area contributed by atoms with E-state index in [2.05, 4.69) is 20.3 Å². The molecule has 0 spiro atoms. The maximum absolute atomic E-state index is 14.5. The molecule has 3 fully saturated rings. The van der Waals surface area contributed by atoms with Gasteiger partial charge in [0.1, 0.15) is 23.7 Å². The number of halogens is 3. The van der Waals surface area contributed by atoms with Crippen molar-refractivity contribution in [2.24, 2.45) is 5.92 Å². The van der Waals surface area contributed by atoms with Crippen molar-refractivity contribution >= 4 is 55.0 Å². The van der Waals surface area contributed by atoms with E-state index in [9.17, 15) is 36.0 Å². The number of carbonyl (C=O) groups is 3. The topological polar surface area (TPSA) is 147 Å². The first-order valence-corrected chi connectivity index (χ1v) is 19.9. The zero-order valence-electron chi connectivity index (χ0n) is 28.4. The van der Waals surface area contributed by atoms with Gasteiger partial charge in [0.15, 0.2) is 0 Å². The van der Waals surface area contributed by atoms with E-state index in [4.69, 9.17) is 4.74 Å². The van der Waals surface area contributed by atoms with Gasteiger partial charge in [0, 0.05) is 18.0 Å². The maximum Gasteiger partial charge on any atom is 0.416 e. The number of nitrogens with one attached hydrogen (secondary N) is 3. The van der Waals surface area contributed by atoms with Gasteiger partial charge in [-0.15, -0.1) is 0 Å². The van der Waals surface area contributed by atoms with E-state index in [0.29, 0.717) is 37.3 Å². The Labute approximate surface area is 303 Å². The molecule has 3 N–H and O–H groups in total. The number of ether oxygens (including phenoxy) is 1. The second-order valence-electron chi connectivity index (χ2n) is 14.2. The van der Waals surface area contributed by atoms with Crippen molar-refractivity contribution < 1.29 is 40.7 Å². The molecule has 11 nitrogen and oxygen atoms in total. The summed E-state index contributed by atoms with van der Waals surface area (Å²) >= 11 is 1.33. The molecule has 5 atom stereocenters. The summed E-state index contributed by atoms with van der Waals surface area (Å²) < 4.78 is 75.7. The Balaban J connectivity index is 1.19. The number of alkyl halides is 3. The predicted molar refractivity (Wildman–Crippen MR) is 189 cm³/mol. The highest BCUT2D eigenvalue weighted by atomic mass is 32.2. The molecule has 52 heavy (non-hydrogen) atoms. The zero-order valence-corrected chi connectivity index (χ0v) is 30.1. The average molecular weight is 760 g/mol. The Kier molecular flexibility index (Phi) is 9.74. The molecule has 0 unspecified atom stereocenters. The van der Waals surface area contributed by atoms with Gasteiger partial charge in [-0.3, -0.25) is 19.1 Å². The fourth-order valence-electron chi connectivity index (χ4n) is 7.04. The molecule has 1 aromatic heterocycles. The molecule has 1 saturated heterocycles. The molecule has 16 heteroatoms. The van der Waals surface area contributed by atoms with Gasteiger partial charge < -0.3 is 20.3 Å². The van der Waals surface area contributed by atoms with Crippen LogP contribution in [0.2, 0.25) is 0 Å². The Morgan fingerprint density at radius 2 is 1.90 bits per heavy atom. The van der Waals surface area contributed by atoms with Gasteiger partial charge in [0.05, 0.1) is 27.6 Å². The van der Waals surface area contributed by atoms with Crippen molar-refractivity contribution in [3.8, 4) is 5.19 Å². The van der Waals surface area contributed by atoms with E-state index in [1.165, 1.54) is 28.4 Å². The van der Waals surface area contributed by atoms with E-state index in [0.717, 1.165) is 40.8 Å². The molecular formula is C36H40F3N5O6S2. The second-order valence-corrected chi connectivity index (χ2v) is 17.2. The Hall–Kier alpha value is -4.18. The Morgan fingerprint density at radius 1 is 1.10 bits per heavy atom. The Bertz CT molecular complexity index is 2020. The van der Waals surface area contributed by atoms with Crippen molar-refractivity contribution in [1.82, 2.24) is 19.9 Å². The number of fused-ring (bicyclic) bond motifs is 3. The highest BCUT2D eigenvalue weighted by molar-refractivity contribution is 7.91. The van der Waals surface area contributed by atoms with Crippen LogP contribution >= 0.6 is 11.3 Å². The minimum atomic E-state index is -4.58. The summed E-state index contributed by atoms with van der Waals surface area (Å²) in [5.74, 6) is -2.42. The standard InChI is InChI=1S/C36H40F3N5O6S2/c1-21-12-15-27-30(16-21)51-34(41-27)50-25-18-29-31(45)42-35(33(47)43-52(48,49)26-13-14-26)19-23(35)8-5-3-2-4-6-11-28(32(46)44(29)20-25)40-24-10-7-9-22(17-24)36(37,38)39/h5,7-10,12,15-17,23,25-26,28-29,40H,2-4,6,11,13-14,18-20H2,1H3,(H,42,45)(H,43,47)/b8-5-/t23-,25-,28+,29+,35-/m1/s1. The van der Waals surface area contributed by atoms with Crippen LogP contribution in [-0.4, -0.2) is 71.5 Å². The van der Waals surface area contributed by atoms with Crippen molar-refractivity contribution in [2.75, 3.05) is 11.9 Å². The monoisotopic (exact) mass is 759 g/mol. The summed E-state index contributed by atoms with van der Waals surface area (Å²) in [6, 6.07) is 8.33. The first-order valence-electron chi connectivity index (χ1n) is 17.5. The van der Waals surface area contributed by atoms with E-state index in [1.807, 2.05) is 37.3 Å². The predicted octanol–water partition coefficient (Wildman–Crippen LogP) is 5.46. The maximum atomic E-state index is 14.5. The molecule has 0 bridgehead atoms. The number of amides is 3. The summed E-state index contributed by atoms with van der Waals surface area (Å²) in [7, 11) is -3.91. The molecule has 278 valence electrons. The lowest BCUT2D eigenvalue weighted by molar-refractivity contribution is -0.140. The first kappa shape index (κ1) is 36.2. The van der Waals surface area contributed by atoms with Gasteiger partial charge >= 0.3 is 6.18 Å². The van der Waals surface area contributed by atoms with Crippen molar-refractivity contribution in [3.63, 3.8) is 0 Å². The van der Waals surface area contributed by atoms with Crippen LogP contribution in [0.3, 0.4) is 0 Å². The molecule has 4 aliphatic rings. The largest absolute Gasteiger partial charge is 0.465 e. The molecule has 2 saturated carbocycles. The summed E-state index contributed by atoms with van der Waals surface area (Å²) in [6.07, 6.45) is 2.62. The number of anilines is 1. The van der Waals surface area contributed by atoms with Crippen LogP contribution in [0.1, 0.15) is 68.9 Å². The third-order valence-corrected chi connectivity index (χ3v) is 12.9. The van der Waals surface area contributed by atoms with Crippen LogP contribution < -0.4 is 20.1 Å². The zero-order chi connectivity index (χ0) is 36.8. The average Bonchev–Trinajstić information content (AvgIpc) is 3.98. The number of thiazole rings is 1. The fourth-order valence-corrected chi connectivity index (χ4v) is 9.38. The number of hydrogen-bond acceptors (Lipinski definition) is 9. The molecule has 3 heterocycles. The van der Waals surface area contributed by atoms with E-state index in [1.54, 1.807) is 0 Å². The van der Waals surface area contributed by atoms with E-state index in [-0.39, 0.29) is 25.1 Å². The third kappa shape index (κ3) is 7.77. The van der Waals surface area contributed by atoms with Gasteiger partial charge in [-0.25, -0.2) is 13.4 Å². The lowest BCUT2D eigenvalue weighted by atomic mass is 10.0. The summed E-state index contributed by atoms with van der Waals surface area (Å²) in [4.78, 5) is 48.3. The number of nitrogens with zero attached hydrogens (tertiary/aromatic N) is 2. The van der Waals surface area contributed by atoms with Crippen LogP contribution in [0.4, 0.5) is 18.9 Å². The van der Waals surface area contributed by atoms with Gasteiger partial charge in [-0.1, -0.05) is 48.5 Å². The number of aryl methyl sites for hydroxylation is 1. The number of allylic oxidation sites excluding steroid dienone is 1. The second kappa shape index (κ2) is 14.0. The Morgan fingerprint density at radius 3 is 2.67 bits per heavy atom. The van der Waals surface area contributed by atoms with Gasteiger partial charge in [-0.05, 0) is 81.3 Å². The molecule has 2 aliphatic carbocycles.